The van der Waals surface area contributed by atoms with Crippen LogP contribution in [0.4, 0.5) is 0 Å². The lowest BCUT2D eigenvalue weighted by Gasteiger charge is -2.43. The van der Waals surface area contributed by atoms with Crippen LogP contribution in [0.15, 0.2) is 0 Å². The Morgan fingerprint density at radius 2 is 2.17 bits per heavy atom. The summed E-state index contributed by atoms with van der Waals surface area (Å²) in [7, 11) is 0. The van der Waals surface area contributed by atoms with Crippen LogP contribution in [0.2, 0.25) is 0 Å². The van der Waals surface area contributed by atoms with Crippen LogP contribution in [0.5, 0.6) is 0 Å². The second-order valence-electron chi connectivity index (χ2n) is 6.15. The van der Waals surface area contributed by atoms with Gasteiger partial charge in [-0.1, -0.05) is 20.3 Å². The fraction of sp³-hybridized carbons (Fsp3) is 1.00. The molecule has 0 bridgehead atoms. The highest BCUT2D eigenvalue weighted by atomic mass is 32.2. The zero-order valence-corrected chi connectivity index (χ0v) is 13.1. The van der Waals surface area contributed by atoms with Gasteiger partial charge in [-0.25, -0.2) is 0 Å². The Hall–Kier alpha value is 0.270. The van der Waals surface area contributed by atoms with Crippen molar-refractivity contribution in [1.29, 1.82) is 0 Å². The van der Waals surface area contributed by atoms with Crippen LogP contribution in [0.1, 0.15) is 39.5 Å². The van der Waals surface area contributed by atoms with Crippen molar-refractivity contribution in [2.24, 2.45) is 11.8 Å². The molecule has 2 aliphatic rings. The van der Waals surface area contributed by atoms with Crippen molar-refractivity contribution in [3.63, 3.8) is 0 Å². The molecule has 0 aromatic carbocycles. The van der Waals surface area contributed by atoms with Crippen LogP contribution in [0.25, 0.3) is 0 Å². The largest absolute Gasteiger partial charge is 0.311 e. The number of nitrogens with one attached hydrogen (secondary N) is 1. The molecule has 0 aromatic rings. The summed E-state index contributed by atoms with van der Waals surface area (Å²) in [6.45, 7) is 8.58. The monoisotopic (exact) mass is 270 g/mol. The molecular formula is C15H30N2S. The maximum absolute atomic E-state index is 3.82. The molecule has 2 fully saturated rings. The molecule has 3 atom stereocenters. The second-order valence-corrected chi connectivity index (χ2v) is 7.13. The molecule has 1 aliphatic heterocycles. The van der Waals surface area contributed by atoms with Gasteiger partial charge in [0.05, 0.1) is 0 Å². The van der Waals surface area contributed by atoms with E-state index in [1.54, 1.807) is 0 Å². The quantitative estimate of drug-likeness (QED) is 0.716. The summed E-state index contributed by atoms with van der Waals surface area (Å²) in [6, 6.07) is 1.56. The molecule has 0 spiro atoms. The first-order valence-electron chi connectivity index (χ1n) is 7.72. The Kier molecular flexibility index (Phi) is 5.84. The lowest BCUT2D eigenvalue weighted by atomic mass is 9.93. The Morgan fingerprint density at radius 1 is 1.39 bits per heavy atom. The van der Waals surface area contributed by atoms with E-state index in [4.69, 9.17) is 0 Å². The van der Waals surface area contributed by atoms with Gasteiger partial charge in [0, 0.05) is 25.2 Å². The van der Waals surface area contributed by atoms with Crippen LogP contribution < -0.4 is 5.32 Å². The fourth-order valence-corrected chi connectivity index (χ4v) is 3.59. The number of rotatable bonds is 7. The summed E-state index contributed by atoms with van der Waals surface area (Å²) in [5.74, 6) is 3.13. The standard InChI is InChI=1S/C15H30N2S/c1-4-12(2)15-10-16-14(13-6-7-13)11-17(15)8-5-9-18-3/h12-16H,4-11H2,1-3H3. The van der Waals surface area contributed by atoms with E-state index in [1.807, 2.05) is 11.8 Å². The van der Waals surface area contributed by atoms with E-state index < -0.39 is 0 Å². The summed E-state index contributed by atoms with van der Waals surface area (Å²) < 4.78 is 0. The van der Waals surface area contributed by atoms with Crippen molar-refractivity contribution in [1.82, 2.24) is 10.2 Å². The van der Waals surface area contributed by atoms with Gasteiger partial charge in [0.15, 0.2) is 0 Å². The Morgan fingerprint density at radius 3 is 2.78 bits per heavy atom. The highest BCUT2D eigenvalue weighted by Crippen LogP contribution is 2.35. The molecule has 1 aliphatic carbocycles. The minimum Gasteiger partial charge on any atom is -0.311 e. The zero-order chi connectivity index (χ0) is 13.0. The number of hydrogen-bond acceptors (Lipinski definition) is 3. The SMILES string of the molecule is CCC(C)C1CNC(C2CC2)CN1CCCSC. The molecule has 0 radical (unpaired) electrons. The van der Waals surface area contributed by atoms with E-state index in [9.17, 15) is 0 Å². The van der Waals surface area contributed by atoms with Crippen molar-refractivity contribution in [3.05, 3.63) is 0 Å². The first-order valence-corrected chi connectivity index (χ1v) is 9.12. The second kappa shape index (κ2) is 7.16. The van der Waals surface area contributed by atoms with Crippen molar-refractivity contribution in [3.8, 4) is 0 Å². The summed E-state index contributed by atoms with van der Waals surface area (Å²) in [4.78, 5) is 2.80. The predicted molar refractivity (Wildman–Crippen MR) is 82.3 cm³/mol. The number of thioether (sulfide) groups is 1. The normalized spacial score (nSPS) is 31.5. The van der Waals surface area contributed by atoms with E-state index in [1.165, 1.54) is 51.1 Å². The first kappa shape index (κ1) is 14.7. The van der Waals surface area contributed by atoms with Gasteiger partial charge in [-0.2, -0.15) is 11.8 Å². The maximum atomic E-state index is 3.82. The molecular weight excluding hydrogens is 240 g/mol. The third-order valence-electron chi connectivity index (χ3n) is 4.78. The highest BCUT2D eigenvalue weighted by Gasteiger charge is 2.37. The number of nitrogens with zero attached hydrogens (tertiary/aromatic N) is 1. The van der Waals surface area contributed by atoms with E-state index in [0.29, 0.717) is 0 Å². The van der Waals surface area contributed by atoms with Crippen LogP contribution in [0.3, 0.4) is 0 Å². The van der Waals surface area contributed by atoms with Crippen molar-refractivity contribution < 1.29 is 0 Å². The summed E-state index contributed by atoms with van der Waals surface area (Å²) in [5.41, 5.74) is 0. The van der Waals surface area contributed by atoms with Crippen molar-refractivity contribution >= 4 is 11.8 Å². The summed E-state index contributed by atoms with van der Waals surface area (Å²) >= 11 is 1.98. The van der Waals surface area contributed by atoms with Gasteiger partial charge >= 0.3 is 0 Å². The van der Waals surface area contributed by atoms with Gasteiger partial charge in [-0.05, 0) is 49.7 Å². The van der Waals surface area contributed by atoms with E-state index in [-0.39, 0.29) is 0 Å². The van der Waals surface area contributed by atoms with E-state index in [0.717, 1.165) is 23.9 Å². The third kappa shape index (κ3) is 3.88. The van der Waals surface area contributed by atoms with Gasteiger partial charge in [0.2, 0.25) is 0 Å². The maximum Gasteiger partial charge on any atom is 0.0246 e. The smallest absolute Gasteiger partial charge is 0.0246 e. The van der Waals surface area contributed by atoms with E-state index in [2.05, 4.69) is 30.3 Å². The van der Waals surface area contributed by atoms with E-state index >= 15 is 0 Å². The summed E-state index contributed by atoms with van der Waals surface area (Å²) in [6.07, 6.45) is 7.80. The molecule has 2 rings (SSSR count). The molecule has 0 amide bonds. The molecule has 2 nitrogen and oxygen atoms in total. The van der Waals surface area contributed by atoms with Gasteiger partial charge in [0.1, 0.15) is 0 Å². The lowest BCUT2D eigenvalue weighted by molar-refractivity contribution is 0.0861. The minimum absolute atomic E-state index is 0.770. The molecule has 3 heteroatoms. The van der Waals surface area contributed by atoms with Gasteiger partial charge < -0.3 is 5.32 Å². The summed E-state index contributed by atoms with van der Waals surface area (Å²) in [5, 5.41) is 3.82. The van der Waals surface area contributed by atoms with Crippen LogP contribution in [-0.4, -0.2) is 48.6 Å². The average molecular weight is 270 g/mol. The van der Waals surface area contributed by atoms with Crippen LogP contribution in [-0.2, 0) is 0 Å². The molecule has 106 valence electrons. The number of piperazine rings is 1. The topological polar surface area (TPSA) is 15.3 Å². The molecule has 18 heavy (non-hydrogen) atoms. The highest BCUT2D eigenvalue weighted by molar-refractivity contribution is 7.98. The van der Waals surface area contributed by atoms with Gasteiger partial charge in [-0.3, -0.25) is 4.90 Å². The third-order valence-corrected chi connectivity index (χ3v) is 5.47. The first-order chi connectivity index (χ1) is 8.76. The van der Waals surface area contributed by atoms with Crippen LogP contribution >= 0.6 is 11.8 Å². The van der Waals surface area contributed by atoms with Crippen molar-refractivity contribution in [2.45, 2.75) is 51.6 Å². The molecule has 1 heterocycles. The molecule has 1 saturated heterocycles. The lowest BCUT2D eigenvalue weighted by Crippen LogP contribution is -2.59. The Balaban J connectivity index is 1.87. The minimum atomic E-state index is 0.770. The molecule has 1 saturated carbocycles. The van der Waals surface area contributed by atoms with Crippen molar-refractivity contribution in [2.75, 3.05) is 31.6 Å². The molecule has 3 unspecified atom stereocenters. The number of hydrogen-bond donors (Lipinski definition) is 1. The molecule has 1 N–H and O–H groups in total. The Bertz CT molecular complexity index is 243. The van der Waals surface area contributed by atoms with Gasteiger partial charge in [0.25, 0.3) is 0 Å². The van der Waals surface area contributed by atoms with Crippen LogP contribution in [0, 0.1) is 11.8 Å². The van der Waals surface area contributed by atoms with Gasteiger partial charge in [-0.15, -0.1) is 0 Å². The fourth-order valence-electron chi connectivity index (χ4n) is 3.17. The predicted octanol–water partition coefficient (Wildman–Crippen LogP) is 2.84. The Labute approximate surface area is 117 Å². The zero-order valence-electron chi connectivity index (χ0n) is 12.3. The average Bonchev–Trinajstić information content (AvgIpc) is 3.22. The molecule has 0 aromatic heterocycles.